The molecule has 0 aromatic heterocycles. The molecule has 0 atom stereocenters. The average Bonchev–Trinajstić information content (AvgIpc) is 2.78. The van der Waals surface area contributed by atoms with Crippen LogP contribution in [0.3, 0.4) is 0 Å². The number of hydrogen-bond donors (Lipinski definition) is 1. The first-order valence-corrected chi connectivity index (χ1v) is 11.2. The lowest BCUT2D eigenvalue weighted by atomic mass is 10.2. The van der Waals surface area contributed by atoms with Crippen molar-refractivity contribution in [2.45, 2.75) is 13.2 Å². The number of ether oxygens (including phenoxy) is 2. The molecular weight excluding hydrogens is 464 g/mol. The average molecular weight is 488 g/mol. The Kier molecular flexibility index (Phi) is 7.16. The number of nitrogens with one attached hydrogen (secondary N) is 1. The summed E-state index contributed by atoms with van der Waals surface area (Å²) in [6.45, 7) is 4.61. The van der Waals surface area contributed by atoms with Crippen LogP contribution in [0.15, 0.2) is 71.2 Å². The summed E-state index contributed by atoms with van der Waals surface area (Å²) < 4.78 is 12.5. The maximum Gasteiger partial charge on any atom is 0.124 e. The summed E-state index contributed by atoms with van der Waals surface area (Å²) in [4.78, 5) is 2.35. The van der Waals surface area contributed by atoms with E-state index in [0.717, 1.165) is 53.3 Å². The van der Waals surface area contributed by atoms with Gasteiger partial charge in [-0.2, -0.15) is 0 Å². The van der Waals surface area contributed by atoms with Crippen molar-refractivity contribution in [2.75, 3.05) is 36.5 Å². The van der Waals surface area contributed by atoms with E-state index < -0.39 is 0 Å². The molecule has 4 nitrogen and oxygen atoms in total. The zero-order valence-electron chi connectivity index (χ0n) is 16.6. The molecule has 0 spiro atoms. The van der Waals surface area contributed by atoms with Crippen molar-refractivity contribution in [3.8, 4) is 5.75 Å². The lowest BCUT2D eigenvalue weighted by Gasteiger charge is -2.29. The highest BCUT2D eigenvalue weighted by Crippen LogP contribution is 2.26. The molecule has 0 unspecified atom stereocenters. The fraction of sp³-hybridized carbons (Fsp3) is 0.250. The predicted octanol–water partition coefficient (Wildman–Crippen LogP) is 6.13. The molecule has 1 saturated heterocycles. The molecule has 1 fully saturated rings. The third kappa shape index (κ3) is 5.69. The molecule has 1 heterocycles. The van der Waals surface area contributed by atoms with E-state index in [1.807, 2.05) is 36.4 Å². The summed E-state index contributed by atoms with van der Waals surface area (Å²) in [6, 6.07) is 22.4. The van der Waals surface area contributed by atoms with E-state index in [0.29, 0.717) is 18.2 Å². The highest BCUT2D eigenvalue weighted by atomic mass is 79.9. The Morgan fingerprint density at radius 3 is 2.57 bits per heavy atom. The van der Waals surface area contributed by atoms with Crippen LogP contribution in [0, 0.1) is 0 Å². The molecule has 30 heavy (non-hydrogen) atoms. The Hall–Kier alpha value is -2.21. The second kappa shape index (κ2) is 10.2. The second-order valence-electron chi connectivity index (χ2n) is 7.17. The van der Waals surface area contributed by atoms with Gasteiger partial charge in [0.25, 0.3) is 0 Å². The van der Waals surface area contributed by atoms with Crippen LogP contribution in [-0.4, -0.2) is 26.3 Å². The normalized spacial score (nSPS) is 13.9. The minimum atomic E-state index is 0.476. The summed E-state index contributed by atoms with van der Waals surface area (Å²) in [5.41, 5.74) is 4.44. The zero-order chi connectivity index (χ0) is 20.8. The Balaban J connectivity index is 1.39. The first kappa shape index (κ1) is 21.0. The number of nitrogens with zero attached hydrogens (tertiary/aromatic N) is 1. The molecule has 0 radical (unpaired) electrons. The highest BCUT2D eigenvalue weighted by Gasteiger charge is 2.11. The van der Waals surface area contributed by atoms with Crippen LogP contribution >= 0.6 is 27.5 Å². The van der Waals surface area contributed by atoms with E-state index in [9.17, 15) is 0 Å². The maximum absolute atomic E-state index is 6.08. The minimum Gasteiger partial charge on any atom is -0.489 e. The van der Waals surface area contributed by atoms with E-state index in [2.05, 4.69) is 56.5 Å². The third-order valence-electron chi connectivity index (χ3n) is 5.03. The minimum absolute atomic E-state index is 0.476. The Bertz CT molecular complexity index is 975. The van der Waals surface area contributed by atoms with E-state index in [4.69, 9.17) is 21.1 Å². The molecule has 0 aliphatic carbocycles. The largest absolute Gasteiger partial charge is 0.489 e. The second-order valence-corrected chi connectivity index (χ2v) is 8.52. The van der Waals surface area contributed by atoms with Crippen LogP contribution in [0.2, 0.25) is 5.02 Å². The summed E-state index contributed by atoms with van der Waals surface area (Å²) in [7, 11) is 0. The molecule has 0 amide bonds. The first-order chi connectivity index (χ1) is 14.7. The topological polar surface area (TPSA) is 33.7 Å². The summed E-state index contributed by atoms with van der Waals surface area (Å²) in [5, 5.41) is 4.22. The molecule has 0 bridgehead atoms. The van der Waals surface area contributed by atoms with Crippen molar-refractivity contribution in [3.05, 3.63) is 87.4 Å². The fourth-order valence-corrected chi connectivity index (χ4v) is 4.05. The zero-order valence-corrected chi connectivity index (χ0v) is 19.0. The van der Waals surface area contributed by atoms with E-state index in [1.165, 1.54) is 5.69 Å². The summed E-state index contributed by atoms with van der Waals surface area (Å²) in [5.74, 6) is 0.857. The van der Waals surface area contributed by atoms with Gasteiger partial charge in [-0.15, -0.1) is 0 Å². The Morgan fingerprint density at radius 1 is 1.00 bits per heavy atom. The van der Waals surface area contributed by atoms with Crippen molar-refractivity contribution < 1.29 is 9.47 Å². The Labute approximate surface area is 190 Å². The van der Waals surface area contributed by atoms with Crippen molar-refractivity contribution in [3.63, 3.8) is 0 Å². The monoisotopic (exact) mass is 486 g/mol. The molecule has 1 aliphatic heterocycles. The molecular formula is C24H24BrClN2O2. The van der Waals surface area contributed by atoms with E-state index >= 15 is 0 Å². The standard InChI is InChI=1S/C24H24BrClN2O2/c25-20-4-9-24(30-17-18-2-1-3-21(26)14-18)19(15-20)16-27-22-5-7-23(8-6-22)28-10-12-29-13-11-28/h1-9,14-15,27H,10-13,16-17H2. The van der Waals surface area contributed by atoms with Crippen molar-refractivity contribution >= 4 is 38.9 Å². The van der Waals surface area contributed by atoms with Crippen LogP contribution in [0.25, 0.3) is 0 Å². The predicted molar refractivity (Wildman–Crippen MR) is 127 cm³/mol. The molecule has 1 aliphatic rings. The number of benzene rings is 3. The van der Waals surface area contributed by atoms with Gasteiger partial charge in [0.1, 0.15) is 12.4 Å². The molecule has 1 N–H and O–H groups in total. The molecule has 156 valence electrons. The fourth-order valence-electron chi connectivity index (χ4n) is 3.42. The van der Waals surface area contributed by atoms with Crippen LogP contribution < -0.4 is 15.0 Å². The molecule has 4 rings (SSSR count). The molecule has 0 saturated carbocycles. The van der Waals surface area contributed by atoms with Crippen LogP contribution in [-0.2, 0) is 17.9 Å². The molecule has 3 aromatic carbocycles. The van der Waals surface area contributed by atoms with Gasteiger partial charge in [0.05, 0.1) is 13.2 Å². The molecule has 3 aromatic rings. The quantitative estimate of drug-likeness (QED) is 0.435. The van der Waals surface area contributed by atoms with Crippen LogP contribution in [0.5, 0.6) is 5.75 Å². The van der Waals surface area contributed by atoms with Crippen molar-refractivity contribution in [2.24, 2.45) is 0 Å². The van der Waals surface area contributed by atoms with Gasteiger partial charge in [-0.1, -0.05) is 39.7 Å². The highest BCUT2D eigenvalue weighted by molar-refractivity contribution is 9.10. The maximum atomic E-state index is 6.08. The smallest absolute Gasteiger partial charge is 0.124 e. The van der Waals surface area contributed by atoms with Gasteiger partial charge in [-0.3, -0.25) is 0 Å². The lowest BCUT2D eigenvalue weighted by Crippen LogP contribution is -2.36. The van der Waals surface area contributed by atoms with Crippen LogP contribution in [0.4, 0.5) is 11.4 Å². The molecule has 6 heteroatoms. The Morgan fingerprint density at radius 2 is 1.80 bits per heavy atom. The van der Waals surface area contributed by atoms with Gasteiger partial charge >= 0.3 is 0 Å². The number of morpholine rings is 1. The number of rotatable bonds is 7. The van der Waals surface area contributed by atoms with Gasteiger partial charge in [0.15, 0.2) is 0 Å². The van der Waals surface area contributed by atoms with Crippen molar-refractivity contribution in [1.29, 1.82) is 0 Å². The summed E-state index contributed by atoms with van der Waals surface area (Å²) >= 11 is 9.64. The van der Waals surface area contributed by atoms with Gasteiger partial charge in [0, 0.05) is 46.1 Å². The number of anilines is 2. The first-order valence-electron chi connectivity index (χ1n) is 10.00. The van der Waals surface area contributed by atoms with Gasteiger partial charge in [-0.05, 0) is 60.2 Å². The van der Waals surface area contributed by atoms with Crippen LogP contribution in [0.1, 0.15) is 11.1 Å². The van der Waals surface area contributed by atoms with Gasteiger partial charge < -0.3 is 19.7 Å². The van der Waals surface area contributed by atoms with Gasteiger partial charge in [-0.25, -0.2) is 0 Å². The van der Waals surface area contributed by atoms with E-state index in [-0.39, 0.29) is 0 Å². The number of halogens is 2. The SMILES string of the molecule is Clc1cccc(COc2ccc(Br)cc2CNc2ccc(N3CCOCC3)cc2)c1. The van der Waals surface area contributed by atoms with E-state index in [1.54, 1.807) is 0 Å². The van der Waals surface area contributed by atoms with Crippen molar-refractivity contribution in [1.82, 2.24) is 0 Å². The van der Waals surface area contributed by atoms with Gasteiger partial charge in [0.2, 0.25) is 0 Å². The number of hydrogen-bond acceptors (Lipinski definition) is 4. The summed E-state index contributed by atoms with van der Waals surface area (Å²) in [6.07, 6.45) is 0. The lowest BCUT2D eigenvalue weighted by molar-refractivity contribution is 0.122. The third-order valence-corrected chi connectivity index (χ3v) is 5.76.